The normalized spacial score (nSPS) is 11.5. The average molecular weight is 313 g/mol. The van der Waals surface area contributed by atoms with Crippen LogP contribution < -0.4 is 4.74 Å². The Morgan fingerprint density at radius 3 is 2.64 bits per heavy atom. The van der Waals surface area contributed by atoms with Crippen LogP contribution in [0.2, 0.25) is 0 Å². The first-order valence-electron chi connectivity index (χ1n) is 6.42. The van der Waals surface area contributed by atoms with Gasteiger partial charge in [0.05, 0.1) is 19.0 Å². The Kier molecular flexibility index (Phi) is 5.22. The molecule has 0 radical (unpaired) electrons. The molecular weight excluding hydrogens is 298 g/mol. The smallest absolute Gasteiger partial charge is 0.233 e. The molecule has 0 saturated carbocycles. The quantitative estimate of drug-likeness (QED) is 0.482. The van der Waals surface area contributed by atoms with Gasteiger partial charge in [0.25, 0.3) is 0 Å². The number of allylic oxidation sites excluding steroid dienone is 1. The van der Waals surface area contributed by atoms with E-state index in [0.717, 1.165) is 11.3 Å². The molecule has 0 fully saturated rings. The molecule has 0 atom stereocenters. The lowest BCUT2D eigenvalue weighted by molar-refractivity contribution is 0.415. The fraction of sp³-hybridized carbons (Fsp3) is 0.200. The zero-order chi connectivity index (χ0) is 15.9. The van der Waals surface area contributed by atoms with Crippen molar-refractivity contribution in [3.8, 4) is 11.8 Å². The van der Waals surface area contributed by atoms with Crippen LogP contribution in [0.4, 0.5) is 5.13 Å². The van der Waals surface area contributed by atoms with Crippen LogP contribution in [0.3, 0.4) is 0 Å². The summed E-state index contributed by atoms with van der Waals surface area (Å²) in [5, 5.41) is 18.4. The van der Waals surface area contributed by atoms with Crippen molar-refractivity contribution in [1.29, 1.82) is 5.26 Å². The summed E-state index contributed by atoms with van der Waals surface area (Å²) >= 11 is 1.27. The molecule has 2 aromatic rings. The summed E-state index contributed by atoms with van der Waals surface area (Å²) in [7, 11) is 5.36. The summed E-state index contributed by atoms with van der Waals surface area (Å²) in [6.45, 7) is 0. The third-order valence-electron chi connectivity index (χ3n) is 2.59. The van der Waals surface area contributed by atoms with Crippen molar-refractivity contribution in [3.63, 3.8) is 0 Å². The lowest BCUT2D eigenvalue weighted by atomic mass is 10.1. The Labute approximate surface area is 133 Å². The van der Waals surface area contributed by atoms with Crippen LogP contribution >= 0.6 is 11.3 Å². The second-order valence-electron chi connectivity index (χ2n) is 4.54. The van der Waals surface area contributed by atoms with Crippen molar-refractivity contribution >= 4 is 34.5 Å². The topological polar surface area (TPSA) is 74.4 Å². The predicted molar refractivity (Wildman–Crippen MR) is 88.2 cm³/mol. The zero-order valence-corrected chi connectivity index (χ0v) is 13.3. The number of methoxy groups -OCH3 is 1. The van der Waals surface area contributed by atoms with E-state index >= 15 is 0 Å². The number of aromatic nitrogens is 2. The first-order valence-corrected chi connectivity index (χ1v) is 7.24. The summed E-state index contributed by atoms with van der Waals surface area (Å²) in [6.07, 6.45) is 3.41. The molecule has 6 nitrogen and oxygen atoms in total. The number of nitrogens with zero attached hydrogens (tertiary/aromatic N) is 5. The van der Waals surface area contributed by atoms with E-state index in [4.69, 9.17) is 4.74 Å². The van der Waals surface area contributed by atoms with Gasteiger partial charge in [-0.25, -0.2) is 4.99 Å². The molecule has 112 valence electrons. The summed E-state index contributed by atoms with van der Waals surface area (Å²) in [6, 6.07) is 9.59. The Morgan fingerprint density at radius 1 is 1.32 bits per heavy atom. The first kappa shape index (κ1) is 15.7. The van der Waals surface area contributed by atoms with Gasteiger partial charge in [0.1, 0.15) is 11.8 Å². The number of rotatable bonds is 5. The lowest BCUT2D eigenvalue weighted by Crippen LogP contribution is -2.06. The van der Waals surface area contributed by atoms with Gasteiger partial charge in [-0.2, -0.15) is 5.26 Å². The van der Waals surface area contributed by atoms with Crippen LogP contribution in [0, 0.1) is 11.3 Å². The summed E-state index contributed by atoms with van der Waals surface area (Å²) < 4.78 is 5.11. The predicted octanol–water partition coefficient (Wildman–Crippen LogP) is 2.83. The standard InChI is InChI=1S/C15H15N5OS/c1-20(2)10-17-15-19-18-14(22-15)12(9-16)8-11-4-6-13(21-3)7-5-11/h4-8,10H,1-3H3/b12-8+,17-10+. The fourth-order valence-corrected chi connectivity index (χ4v) is 2.20. The molecule has 0 aliphatic rings. The van der Waals surface area contributed by atoms with Crippen LogP contribution in [-0.2, 0) is 0 Å². The van der Waals surface area contributed by atoms with Crippen molar-refractivity contribution in [3.05, 3.63) is 34.8 Å². The van der Waals surface area contributed by atoms with Gasteiger partial charge in [-0.3, -0.25) is 0 Å². The number of nitriles is 1. The molecule has 22 heavy (non-hydrogen) atoms. The van der Waals surface area contributed by atoms with Crippen molar-refractivity contribution in [2.45, 2.75) is 0 Å². The van der Waals surface area contributed by atoms with Gasteiger partial charge < -0.3 is 9.64 Å². The summed E-state index contributed by atoms with van der Waals surface area (Å²) in [5.74, 6) is 0.770. The average Bonchev–Trinajstić information content (AvgIpc) is 3.00. The highest BCUT2D eigenvalue weighted by molar-refractivity contribution is 7.16. The molecule has 0 aliphatic carbocycles. The van der Waals surface area contributed by atoms with Gasteiger partial charge in [0, 0.05) is 14.1 Å². The summed E-state index contributed by atoms with van der Waals surface area (Å²) in [5.41, 5.74) is 1.35. The minimum Gasteiger partial charge on any atom is -0.497 e. The molecule has 0 spiro atoms. The Hall–Kier alpha value is -2.72. The van der Waals surface area contributed by atoms with Gasteiger partial charge in [-0.1, -0.05) is 23.5 Å². The molecule has 1 aromatic heterocycles. The number of aliphatic imine (C=N–C) groups is 1. The molecule has 1 aromatic carbocycles. The van der Waals surface area contributed by atoms with E-state index in [9.17, 15) is 5.26 Å². The van der Waals surface area contributed by atoms with Gasteiger partial charge in [-0.05, 0) is 23.8 Å². The van der Waals surface area contributed by atoms with Crippen molar-refractivity contribution in [2.75, 3.05) is 21.2 Å². The van der Waals surface area contributed by atoms with Crippen LogP contribution in [0.5, 0.6) is 5.75 Å². The van der Waals surface area contributed by atoms with Gasteiger partial charge in [0.15, 0.2) is 5.01 Å². The molecule has 0 aliphatic heterocycles. The third-order valence-corrected chi connectivity index (χ3v) is 3.46. The SMILES string of the molecule is COc1ccc(/C=C(\C#N)c2nnc(/N=C/N(C)C)s2)cc1. The number of hydrogen-bond acceptors (Lipinski definition) is 6. The fourth-order valence-electron chi connectivity index (χ4n) is 1.55. The molecular formula is C15H15N5OS. The molecule has 0 N–H and O–H groups in total. The highest BCUT2D eigenvalue weighted by atomic mass is 32.1. The van der Waals surface area contributed by atoms with E-state index in [1.165, 1.54) is 11.3 Å². The monoisotopic (exact) mass is 313 g/mol. The van der Waals surface area contributed by atoms with Crippen LogP contribution in [0.1, 0.15) is 10.6 Å². The highest BCUT2D eigenvalue weighted by Gasteiger charge is 2.08. The Balaban J connectivity index is 2.24. The highest BCUT2D eigenvalue weighted by Crippen LogP contribution is 2.26. The van der Waals surface area contributed by atoms with Gasteiger partial charge in [-0.15, -0.1) is 10.2 Å². The van der Waals surface area contributed by atoms with E-state index in [1.54, 1.807) is 24.4 Å². The zero-order valence-electron chi connectivity index (χ0n) is 12.5. The molecule has 0 saturated heterocycles. The van der Waals surface area contributed by atoms with Crippen molar-refractivity contribution < 1.29 is 4.74 Å². The maximum absolute atomic E-state index is 9.32. The van der Waals surface area contributed by atoms with E-state index in [1.807, 2.05) is 38.4 Å². The van der Waals surface area contributed by atoms with Crippen LogP contribution in [0.25, 0.3) is 11.6 Å². The molecule has 2 rings (SSSR count). The maximum atomic E-state index is 9.32. The largest absolute Gasteiger partial charge is 0.497 e. The Bertz CT molecular complexity index is 725. The molecule has 0 amide bonds. The second kappa shape index (κ2) is 7.33. The van der Waals surface area contributed by atoms with Gasteiger partial charge >= 0.3 is 0 Å². The summed E-state index contributed by atoms with van der Waals surface area (Å²) in [4.78, 5) is 5.97. The first-order chi connectivity index (χ1) is 10.6. The maximum Gasteiger partial charge on any atom is 0.233 e. The number of hydrogen-bond donors (Lipinski definition) is 0. The Morgan fingerprint density at radius 2 is 2.05 bits per heavy atom. The van der Waals surface area contributed by atoms with Crippen molar-refractivity contribution in [2.24, 2.45) is 4.99 Å². The molecule has 0 bridgehead atoms. The lowest BCUT2D eigenvalue weighted by Gasteiger charge is -2.00. The number of ether oxygens (including phenoxy) is 1. The van der Waals surface area contributed by atoms with Gasteiger partial charge in [0.2, 0.25) is 5.13 Å². The molecule has 7 heteroatoms. The molecule has 1 heterocycles. The van der Waals surface area contributed by atoms with E-state index < -0.39 is 0 Å². The van der Waals surface area contributed by atoms with Crippen LogP contribution in [0.15, 0.2) is 29.3 Å². The minimum absolute atomic E-state index is 0.453. The van der Waals surface area contributed by atoms with E-state index in [0.29, 0.717) is 15.7 Å². The third kappa shape index (κ3) is 4.14. The number of benzene rings is 1. The molecule has 0 unspecified atom stereocenters. The second-order valence-corrected chi connectivity index (χ2v) is 5.50. The minimum atomic E-state index is 0.453. The van der Waals surface area contributed by atoms with E-state index in [-0.39, 0.29) is 0 Å². The van der Waals surface area contributed by atoms with E-state index in [2.05, 4.69) is 21.3 Å². The van der Waals surface area contributed by atoms with Crippen LogP contribution in [-0.4, -0.2) is 42.6 Å². The van der Waals surface area contributed by atoms with Crippen molar-refractivity contribution in [1.82, 2.24) is 15.1 Å².